The van der Waals surface area contributed by atoms with Crippen molar-refractivity contribution in [2.45, 2.75) is 80.7 Å². The second-order valence-electron chi connectivity index (χ2n) is 8.26. The lowest BCUT2D eigenvalue weighted by molar-refractivity contribution is -0.188. The number of nitrogens with one attached hydrogen (secondary N) is 2. The van der Waals surface area contributed by atoms with Crippen LogP contribution in [0, 0.1) is 0 Å². The van der Waals surface area contributed by atoms with Gasteiger partial charge in [0.15, 0.2) is 0 Å². The number of hydrogen-bond donors (Lipinski definition) is 5. The first kappa shape index (κ1) is 23.9. The molecule has 0 spiro atoms. The summed E-state index contributed by atoms with van der Waals surface area (Å²) in [5.74, 6) is -0.162. The van der Waals surface area contributed by atoms with Crippen molar-refractivity contribution in [2.75, 3.05) is 17.2 Å². The average Bonchev–Trinajstić information content (AvgIpc) is 2.67. The molecule has 0 bridgehead atoms. The highest BCUT2D eigenvalue weighted by Crippen LogP contribution is 2.36. The highest BCUT2D eigenvalue weighted by Gasteiger charge is 2.36. The maximum Gasteiger partial charge on any atom is 0.411 e. The zero-order valence-corrected chi connectivity index (χ0v) is 17.9. The molecule has 0 unspecified atom stereocenters. The van der Waals surface area contributed by atoms with Crippen molar-refractivity contribution in [1.29, 1.82) is 0 Å². The molecule has 174 valence electrons. The number of ether oxygens (including phenoxy) is 1. The van der Waals surface area contributed by atoms with E-state index in [1.54, 1.807) is 0 Å². The molecular weight excluding hydrogens is 435 g/mol. The van der Waals surface area contributed by atoms with E-state index in [-0.39, 0.29) is 23.4 Å². The Labute approximate surface area is 183 Å². The molecule has 2 atom stereocenters. The fraction of sp³-hybridized carbons (Fsp3) is 0.737. The van der Waals surface area contributed by atoms with E-state index in [2.05, 4.69) is 33.2 Å². The molecule has 12 heteroatoms. The van der Waals surface area contributed by atoms with Crippen LogP contribution >= 0.6 is 12.6 Å². The minimum absolute atomic E-state index is 0.0456. The number of nitrogens with two attached hydrogens (primary N) is 1. The Bertz CT molecular complexity index is 775. The second-order valence-corrected chi connectivity index (χ2v) is 9.12. The summed E-state index contributed by atoms with van der Waals surface area (Å²) in [6, 6.07) is -0.0456. The van der Waals surface area contributed by atoms with Gasteiger partial charge in [0.25, 0.3) is 5.91 Å². The van der Waals surface area contributed by atoms with Crippen LogP contribution in [0.1, 0.15) is 61.7 Å². The summed E-state index contributed by atoms with van der Waals surface area (Å²) in [5, 5.41) is 16.2. The number of halogens is 3. The van der Waals surface area contributed by atoms with Crippen LogP contribution in [0.5, 0.6) is 0 Å². The zero-order valence-electron chi connectivity index (χ0n) is 17.0. The van der Waals surface area contributed by atoms with Gasteiger partial charge in [-0.05, 0) is 51.4 Å². The Kier molecular flexibility index (Phi) is 7.53. The number of aliphatic hydroxyl groups excluding tert-OH is 1. The maximum absolute atomic E-state index is 12.3. The summed E-state index contributed by atoms with van der Waals surface area (Å²) < 4.78 is 42.0. The molecule has 3 rings (SSSR count). The van der Waals surface area contributed by atoms with Gasteiger partial charge in [-0.3, -0.25) is 4.79 Å². The van der Waals surface area contributed by atoms with Gasteiger partial charge in [0.2, 0.25) is 5.95 Å². The third kappa shape index (κ3) is 7.11. The van der Waals surface area contributed by atoms with Crippen LogP contribution in [0.3, 0.4) is 0 Å². The number of anilines is 2. The second kappa shape index (κ2) is 9.78. The minimum Gasteiger partial charge on any atom is -0.393 e. The number of aromatic nitrogens is 2. The number of carbonyl (C=O) groups excluding carboxylic acids is 1. The van der Waals surface area contributed by atoms with E-state index < -0.39 is 35.8 Å². The summed E-state index contributed by atoms with van der Waals surface area (Å²) in [7, 11) is 0. The third-order valence-corrected chi connectivity index (χ3v) is 6.19. The van der Waals surface area contributed by atoms with Crippen LogP contribution in [0.4, 0.5) is 24.9 Å². The number of primary amides is 1. The summed E-state index contributed by atoms with van der Waals surface area (Å²) in [6.45, 7) is -1.26. The van der Waals surface area contributed by atoms with Gasteiger partial charge in [0.1, 0.15) is 12.4 Å². The summed E-state index contributed by atoms with van der Waals surface area (Å²) >= 11 is 4.66. The molecule has 0 aliphatic heterocycles. The minimum atomic E-state index is -4.35. The van der Waals surface area contributed by atoms with E-state index in [1.807, 2.05) is 0 Å². The van der Waals surface area contributed by atoms with Crippen LogP contribution in [0.15, 0.2) is 6.20 Å². The average molecular weight is 464 g/mol. The fourth-order valence-corrected chi connectivity index (χ4v) is 4.36. The van der Waals surface area contributed by atoms with Crippen LogP contribution < -0.4 is 16.4 Å². The van der Waals surface area contributed by atoms with Gasteiger partial charge in [-0.2, -0.15) is 30.8 Å². The Balaban J connectivity index is 1.64. The standard InChI is InChI=1S/C19H28F3N5O3S/c20-19(21,22)10-30-13-4-6-18(31,7-5-13)27-17-24-9-14(15(23)29)16(26-17)25-11-2-1-3-12(28)8-11/h9,11-13,28,31H,1-8,10H2,(H2,23,29)(H2,24,25,26,27)/t11-,12+,13?,18?/m1/s1. The van der Waals surface area contributed by atoms with Gasteiger partial charge in [-0.25, -0.2) is 4.98 Å². The van der Waals surface area contributed by atoms with Gasteiger partial charge in [-0.15, -0.1) is 0 Å². The molecular formula is C19H28F3N5O3S. The molecule has 0 saturated heterocycles. The summed E-state index contributed by atoms with van der Waals surface area (Å²) in [4.78, 5) is 19.6. The molecule has 2 fully saturated rings. The molecule has 2 aliphatic rings. The molecule has 1 aromatic rings. The van der Waals surface area contributed by atoms with Crippen molar-refractivity contribution in [3.8, 4) is 0 Å². The summed E-state index contributed by atoms with van der Waals surface area (Å²) in [5.41, 5.74) is 5.59. The molecule has 2 saturated carbocycles. The molecule has 1 amide bonds. The lowest BCUT2D eigenvalue weighted by Crippen LogP contribution is -2.40. The first-order chi connectivity index (χ1) is 14.5. The molecule has 8 nitrogen and oxygen atoms in total. The van der Waals surface area contributed by atoms with Gasteiger partial charge < -0.3 is 26.2 Å². The predicted molar refractivity (Wildman–Crippen MR) is 112 cm³/mol. The van der Waals surface area contributed by atoms with Crippen molar-refractivity contribution < 1.29 is 27.8 Å². The molecule has 1 aromatic heterocycles. The molecule has 31 heavy (non-hydrogen) atoms. The van der Waals surface area contributed by atoms with E-state index >= 15 is 0 Å². The van der Waals surface area contributed by atoms with Crippen molar-refractivity contribution in [2.24, 2.45) is 5.73 Å². The molecule has 5 N–H and O–H groups in total. The normalized spacial score (nSPS) is 29.4. The number of rotatable bonds is 7. The van der Waals surface area contributed by atoms with Crippen molar-refractivity contribution in [3.05, 3.63) is 11.8 Å². The molecule has 0 radical (unpaired) electrons. The Morgan fingerprint density at radius 2 is 2.03 bits per heavy atom. The number of thiol groups is 1. The third-order valence-electron chi connectivity index (χ3n) is 5.63. The fourth-order valence-electron chi connectivity index (χ4n) is 4.00. The smallest absolute Gasteiger partial charge is 0.393 e. The van der Waals surface area contributed by atoms with E-state index in [0.29, 0.717) is 32.1 Å². The van der Waals surface area contributed by atoms with Crippen LogP contribution in [0.2, 0.25) is 0 Å². The highest BCUT2D eigenvalue weighted by molar-refractivity contribution is 7.82. The monoisotopic (exact) mass is 463 g/mol. The van der Waals surface area contributed by atoms with Gasteiger partial charge in [-0.1, -0.05) is 0 Å². The van der Waals surface area contributed by atoms with E-state index in [1.165, 1.54) is 6.20 Å². The number of amides is 1. The largest absolute Gasteiger partial charge is 0.411 e. The van der Waals surface area contributed by atoms with Crippen LogP contribution in [0.25, 0.3) is 0 Å². The number of alkyl halides is 3. The Morgan fingerprint density at radius 3 is 2.65 bits per heavy atom. The van der Waals surface area contributed by atoms with Gasteiger partial charge in [0, 0.05) is 12.2 Å². The van der Waals surface area contributed by atoms with Gasteiger partial charge in [0.05, 0.1) is 22.6 Å². The topological polar surface area (TPSA) is 122 Å². The van der Waals surface area contributed by atoms with Gasteiger partial charge >= 0.3 is 6.18 Å². The lowest BCUT2D eigenvalue weighted by Gasteiger charge is -2.37. The number of nitrogens with zero attached hydrogens (tertiary/aromatic N) is 2. The van der Waals surface area contributed by atoms with Crippen LogP contribution in [-0.4, -0.2) is 56.9 Å². The van der Waals surface area contributed by atoms with Crippen molar-refractivity contribution >= 4 is 30.3 Å². The van der Waals surface area contributed by atoms with Crippen LogP contribution in [-0.2, 0) is 4.74 Å². The molecule has 2 aliphatic carbocycles. The first-order valence-electron chi connectivity index (χ1n) is 10.3. The zero-order chi connectivity index (χ0) is 22.6. The first-order valence-corrected chi connectivity index (χ1v) is 10.8. The molecule has 1 heterocycles. The Morgan fingerprint density at radius 1 is 1.32 bits per heavy atom. The quantitative estimate of drug-likeness (QED) is 0.311. The van der Waals surface area contributed by atoms with Crippen molar-refractivity contribution in [3.63, 3.8) is 0 Å². The number of hydrogen-bond acceptors (Lipinski definition) is 8. The maximum atomic E-state index is 12.3. The lowest BCUT2D eigenvalue weighted by atomic mass is 9.92. The predicted octanol–water partition coefficient (Wildman–Crippen LogP) is 2.85. The highest BCUT2D eigenvalue weighted by atomic mass is 32.1. The van der Waals surface area contributed by atoms with E-state index in [9.17, 15) is 23.1 Å². The molecule has 0 aromatic carbocycles. The van der Waals surface area contributed by atoms with E-state index in [4.69, 9.17) is 10.5 Å². The van der Waals surface area contributed by atoms with Crippen molar-refractivity contribution in [1.82, 2.24) is 9.97 Å². The number of aliphatic hydroxyl groups is 1. The number of carbonyl (C=O) groups is 1. The van der Waals surface area contributed by atoms with E-state index in [0.717, 1.165) is 19.3 Å². The SMILES string of the molecule is NC(=O)c1cnc(NC2(S)CCC(OCC(F)(F)F)CC2)nc1N[C@@H]1CCC[C@H](O)C1. The Hall–Kier alpha value is -1.79. The summed E-state index contributed by atoms with van der Waals surface area (Å²) in [6.07, 6.45) is 0.817.